The van der Waals surface area contributed by atoms with Crippen LogP contribution >= 0.6 is 0 Å². The Morgan fingerprint density at radius 3 is 2.83 bits per heavy atom. The second-order valence-electron chi connectivity index (χ2n) is 2.77. The van der Waals surface area contributed by atoms with Crippen LogP contribution in [0.4, 0.5) is 0 Å². The maximum absolute atomic E-state index is 5.52. The summed E-state index contributed by atoms with van der Waals surface area (Å²) in [6.45, 7) is 5.71. The molecule has 0 fully saturated rings. The lowest BCUT2D eigenvalue weighted by Crippen LogP contribution is -1.69. The summed E-state index contributed by atoms with van der Waals surface area (Å²) < 4.78 is 5.52. The van der Waals surface area contributed by atoms with Gasteiger partial charge < -0.3 is 4.42 Å². The van der Waals surface area contributed by atoms with Crippen molar-refractivity contribution in [3.63, 3.8) is 0 Å². The Hall–Kier alpha value is -1.50. The van der Waals surface area contributed by atoms with Crippen molar-refractivity contribution >= 4 is 17.0 Å². The highest BCUT2D eigenvalue weighted by atomic mass is 16.3. The summed E-state index contributed by atoms with van der Waals surface area (Å²) in [5.74, 6) is 0.936. The molecule has 0 bridgehead atoms. The van der Waals surface area contributed by atoms with E-state index in [2.05, 4.69) is 6.58 Å². The number of rotatable bonds is 1. The maximum atomic E-state index is 5.52. The van der Waals surface area contributed by atoms with Crippen LogP contribution in [0, 0.1) is 6.92 Å². The Kier molecular flexibility index (Phi) is 1.51. The van der Waals surface area contributed by atoms with Crippen molar-refractivity contribution in [1.29, 1.82) is 0 Å². The summed E-state index contributed by atoms with van der Waals surface area (Å²) in [5.41, 5.74) is 2.04. The summed E-state index contributed by atoms with van der Waals surface area (Å²) in [7, 11) is 0. The van der Waals surface area contributed by atoms with E-state index in [0.29, 0.717) is 0 Å². The van der Waals surface area contributed by atoms with E-state index < -0.39 is 0 Å². The first-order chi connectivity index (χ1) is 5.83. The number of para-hydroxylation sites is 1. The summed E-state index contributed by atoms with van der Waals surface area (Å²) in [6, 6.07) is 7.99. The fraction of sp³-hybridized carbons (Fsp3) is 0.0909. The highest BCUT2D eigenvalue weighted by Gasteiger charge is 2.05. The molecule has 1 nitrogen and oxygen atoms in total. The molecule has 0 saturated carbocycles. The molecule has 0 spiro atoms. The van der Waals surface area contributed by atoms with Crippen LogP contribution in [0.3, 0.4) is 0 Å². The maximum Gasteiger partial charge on any atom is 0.134 e. The predicted octanol–water partition coefficient (Wildman–Crippen LogP) is 3.38. The zero-order valence-corrected chi connectivity index (χ0v) is 7.00. The van der Waals surface area contributed by atoms with Crippen LogP contribution in [-0.4, -0.2) is 0 Å². The topological polar surface area (TPSA) is 13.1 Å². The van der Waals surface area contributed by atoms with E-state index >= 15 is 0 Å². The minimum Gasteiger partial charge on any atom is -0.461 e. The Morgan fingerprint density at radius 1 is 1.33 bits per heavy atom. The van der Waals surface area contributed by atoms with Crippen LogP contribution in [0.5, 0.6) is 0 Å². The SMILES string of the molecule is C=Cc1c(C)oc2ccccc12. The number of furan rings is 1. The standard InChI is InChI=1S/C11H10O/c1-3-9-8(2)12-11-7-5-4-6-10(9)11/h3-7H,1H2,2H3. The van der Waals surface area contributed by atoms with Gasteiger partial charge in [0.2, 0.25) is 0 Å². The Balaban J connectivity index is 2.90. The van der Waals surface area contributed by atoms with E-state index in [0.717, 1.165) is 22.3 Å². The summed E-state index contributed by atoms with van der Waals surface area (Å²) >= 11 is 0. The Labute approximate surface area is 71.3 Å². The number of benzene rings is 1. The zero-order chi connectivity index (χ0) is 8.55. The van der Waals surface area contributed by atoms with E-state index in [9.17, 15) is 0 Å². The van der Waals surface area contributed by atoms with Crippen LogP contribution in [0.15, 0.2) is 35.3 Å². The van der Waals surface area contributed by atoms with Gasteiger partial charge in [0, 0.05) is 10.9 Å². The molecule has 0 unspecified atom stereocenters. The average Bonchev–Trinajstić information content (AvgIpc) is 2.40. The van der Waals surface area contributed by atoms with Crippen molar-refractivity contribution in [3.8, 4) is 0 Å². The molecule has 0 aliphatic carbocycles. The number of hydrogen-bond donors (Lipinski definition) is 0. The fourth-order valence-corrected chi connectivity index (χ4v) is 1.44. The van der Waals surface area contributed by atoms with E-state index in [4.69, 9.17) is 4.42 Å². The van der Waals surface area contributed by atoms with E-state index in [-0.39, 0.29) is 0 Å². The number of aryl methyl sites for hydroxylation is 1. The molecule has 0 aliphatic heterocycles. The minimum absolute atomic E-state index is 0.935. The first-order valence-electron chi connectivity index (χ1n) is 3.93. The summed E-state index contributed by atoms with van der Waals surface area (Å²) in [5, 5.41) is 1.14. The van der Waals surface area contributed by atoms with Crippen molar-refractivity contribution in [1.82, 2.24) is 0 Å². The molecule has 0 radical (unpaired) electrons. The van der Waals surface area contributed by atoms with Gasteiger partial charge in [-0.15, -0.1) is 0 Å². The van der Waals surface area contributed by atoms with Crippen molar-refractivity contribution in [2.75, 3.05) is 0 Å². The average molecular weight is 158 g/mol. The van der Waals surface area contributed by atoms with Crippen molar-refractivity contribution < 1.29 is 4.42 Å². The molecule has 0 atom stereocenters. The molecule has 2 rings (SSSR count). The van der Waals surface area contributed by atoms with Crippen LogP contribution in [-0.2, 0) is 0 Å². The molecular formula is C11H10O. The van der Waals surface area contributed by atoms with Gasteiger partial charge in [-0.25, -0.2) is 0 Å². The second kappa shape index (κ2) is 2.52. The van der Waals surface area contributed by atoms with Gasteiger partial charge in [0.15, 0.2) is 0 Å². The van der Waals surface area contributed by atoms with Gasteiger partial charge >= 0.3 is 0 Å². The first kappa shape index (κ1) is 7.17. The number of fused-ring (bicyclic) bond motifs is 1. The molecule has 1 aromatic carbocycles. The van der Waals surface area contributed by atoms with E-state index in [1.54, 1.807) is 0 Å². The van der Waals surface area contributed by atoms with Gasteiger partial charge in [-0.1, -0.05) is 30.9 Å². The van der Waals surface area contributed by atoms with Gasteiger partial charge in [0.1, 0.15) is 11.3 Å². The molecule has 1 heteroatoms. The third-order valence-electron chi connectivity index (χ3n) is 2.02. The zero-order valence-electron chi connectivity index (χ0n) is 7.00. The third kappa shape index (κ3) is 0.866. The molecule has 60 valence electrons. The molecule has 0 N–H and O–H groups in total. The van der Waals surface area contributed by atoms with Crippen LogP contribution in [0.1, 0.15) is 11.3 Å². The van der Waals surface area contributed by atoms with Crippen LogP contribution in [0.25, 0.3) is 17.0 Å². The summed E-state index contributed by atoms with van der Waals surface area (Å²) in [4.78, 5) is 0. The molecule has 12 heavy (non-hydrogen) atoms. The highest BCUT2D eigenvalue weighted by molar-refractivity contribution is 5.87. The van der Waals surface area contributed by atoms with Crippen LogP contribution in [0.2, 0.25) is 0 Å². The Bertz CT molecular complexity index is 423. The van der Waals surface area contributed by atoms with Gasteiger partial charge in [0.05, 0.1) is 0 Å². The molecule has 1 aromatic heterocycles. The normalized spacial score (nSPS) is 10.4. The van der Waals surface area contributed by atoms with Gasteiger partial charge in [-0.2, -0.15) is 0 Å². The lowest BCUT2D eigenvalue weighted by atomic mass is 10.1. The minimum atomic E-state index is 0.935. The Morgan fingerprint density at radius 2 is 2.08 bits per heavy atom. The predicted molar refractivity (Wildman–Crippen MR) is 51.0 cm³/mol. The lowest BCUT2D eigenvalue weighted by Gasteiger charge is -1.87. The molecule has 0 amide bonds. The smallest absolute Gasteiger partial charge is 0.134 e. The second-order valence-corrected chi connectivity index (χ2v) is 2.77. The molecular weight excluding hydrogens is 148 g/mol. The molecule has 0 aliphatic rings. The van der Waals surface area contributed by atoms with E-state index in [1.165, 1.54) is 0 Å². The van der Waals surface area contributed by atoms with Crippen molar-refractivity contribution in [2.24, 2.45) is 0 Å². The van der Waals surface area contributed by atoms with E-state index in [1.807, 2.05) is 37.3 Å². The fourth-order valence-electron chi connectivity index (χ4n) is 1.44. The third-order valence-corrected chi connectivity index (χ3v) is 2.02. The van der Waals surface area contributed by atoms with Gasteiger partial charge in [-0.3, -0.25) is 0 Å². The lowest BCUT2D eigenvalue weighted by molar-refractivity contribution is 0.577. The number of hydrogen-bond acceptors (Lipinski definition) is 1. The summed E-state index contributed by atoms with van der Waals surface area (Å²) in [6.07, 6.45) is 1.83. The molecule has 1 heterocycles. The largest absolute Gasteiger partial charge is 0.461 e. The quantitative estimate of drug-likeness (QED) is 0.620. The first-order valence-corrected chi connectivity index (χ1v) is 3.93. The highest BCUT2D eigenvalue weighted by Crippen LogP contribution is 2.25. The molecule has 0 saturated heterocycles. The molecule has 2 aromatic rings. The van der Waals surface area contributed by atoms with Crippen molar-refractivity contribution in [2.45, 2.75) is 6.92 Å². The van der Waals surface area contributed by atoms with Gasteiger partial charge in [0.25, 0.3) is 0 Å². The van der Waals surface area contributed by atoms with Crippen molar-refractivity contribution in [3.05, 3.63) is 42.2 Å². The monoisotopic (exact) mass is 158 g/mol. The van der Waals surface area contributed by atoms with Gasteiger partial charge in [-0.05, 0) is 13.0 Å². The van der Waals surface area contributed by atoms with Crippen LogP contribution < -0.4 is 0 Å².